The van der Waals surface area contributed by atoms with Gasteiger partial charge in [-0.25, -0.2) is 0 Å². The first-order chi connectivity index (χ1) is 7.36. The molecule has 4 nitrogen and oxygen atoms in total. The Hall–Kier alpha value is -1.10. The zero-order valence-electron chi connectivity index (χ0n) is 8.69. The molecule has 0 atom stereocenters. The van der Waals surface area contributed by atoms with Crippen LogP contribution in [0.1, 0.15) is 5.56 Å². The van der Waals surface area contributed by atoms with E-state index in [-0.39, 0.29) is 6.61 Å². The minimum atomic E-state index is 0.0554. The molecule has 1 aromatic rings. The summed E-state index contributed by atoms with van der Waals surface area (Å²) in [5.41, 5.74) is 6.14. The molecule has 4 heteroatoms. The summed E-state index contributed by atoms with van der Waals surface area (Å²) in [4.78, 5) is 0. The maximum Gasteiger partial charge on any atom is 0.119 e. The summed E-state index contributed by atoms with van der Waals surface area (Å²) in [5, 5.41) is 8.83. The van der Waals surface area contributed by atoms with Gasteiger partial charge in [-0.2, -0.15) is 0 Å². The SMILES string of the molecule is NCCOCCOc1ccc(CO)cc1. The highest BCUT2D eigenvalue weighted by Crippen LogP contribution is 2.11. The Morgan fingerprint density at radius 2 is 1.80 bits per heavy atom. The van der Waals surface area contributed by atoms with Gasteiger partial charge in [0.05, 0.1) is 19.8 Å². The van der Waals surface area contributed by atoms with E-state index in [2.05, 4.69) is 0 Å². The number of hydrogen-bond donors (Lipinski definition) is 2. The van der Waals surface area contributed by atoms with Crippen molar-refractivity contribution in [1.29, 1.82) is 0 Å². The fraction of sp³-hybridized carbons (Fsp3) is 0.455. The second kappa shape index (κ2) is 7.23. The molecule has 0 saturated heterocycles. The van der Waals surface area contributed by atoms with Gasteiger partial charge in [0.1, 0.15) is 12.4 Å². The van der Waals surface area contributed by atoms with Crippen LogP contribution in [0.2, 0.25) is 0 Å². The smallest absolute Gasteiger partial charge is 0.119 e. The summed E-state index contributed by atoms with van der Waals surface area (Å²) in [7, 11) is 0. The maximum absolute atomic E-state index is 8.83. The lowest BCUT2D eigenvalue weighted by Crippen LogP contribution is -2.13. The monoisotopic (exact) mass is 211 g/mol. The molecule has 0 radical (unpaired) electrons. The third kappa shape index (κ3) is 4.78. The third-order valence-corrected chi connectivity index (χ3v) is 1.86. The minimum Gasteiger partial charge on any atom is -0.491 e. The van der Waals surface area contributed by atoms with Gasteiger partial charge in [0.15, 0.2) is 0 Å². The second-order valence-corrected chi connectivity index (χ2v) is 3.05. The molecule has 0 amide bonds. The molecule has 0 unspecified atom stereocenters. The Labute approximate surface area is 89.6 Å². The molecule has 0 saturated carbocycles. The molecule has 1 aromatic carbocycles. The standard InChI is InChI=1S/C11H17NO3/c12-5-6-14-7-8-15-11-3-1-10(9-13)2-4-11/h1-4,13H,5-9,12H2. The Kier molecular flexibility index (Phi) is 5.77. The first-order valence-corrected chi connectivity index (χ1v) is 4.97. The van der Waals surface area contributed by atoms with Gasteiger partial charge in [-0.1, -0.05) is 12.1 Å². The van der Waals surface area contributed by atoms with E-state index in [1.54, 1.807) is 0 Å². The Bertz CT molecular complexity index is 261. The van der Waals surface area contributed by atoms with Crippen LogP contribution in [0.25, 0.3) is 0 Å². The van der Waals surface area contributed by atoms with Crippen molar-refractivity contribution in [3.05, 3.63) is 29.8 Å². The van der Waals surface area contributed by atoms with Crippen molar-refractivity contribution >= 4 is 0 Å². The predicted molar refractivity (Wildman–Crippen MR) is 57.7 cm³/mol. The molecule has 3 N–H and O–H groups in total. The molecule has 84 valence electrons. The van der Waals surface area contributed by atoms with Crippen molar-refractivity contribution in [3.63, 3.8) is 0 Å². The molecule has 0 heterocycles. The van der Waals surface area contributed by atoms with Crippen LogP contribution in [0.15, 0.2) is 24.3 Å². The summed E-state index contributed by atoms with van der Waals surface area (Å²) in [6.45, 7) is 2.20. The summed E-state index contributed by atoms with van der Waals surface area (Å²) in [5.74, 6) is 0.781. The number of rotatable bonds is 7. The molecule has 0 aliphatic carbocycles. The minimum absolute atomic E-state index is 0.0554. The first-order valence-electron chi connectivity index (χ1n) is 4.97. The summed E-state index contributed by atoms with van der Waals surface area (Å²) < 4.78 is 10.6. The highest BCUT2D eigenvalue weighted by molar-refractivity contribution is 5.26. The first kappa shape index (κ1) is 12.0. The van der Waals surface area contributed by atoms with E-state index in [1.807, 2.05) is 24.3 Å². The van der Waals surface area contributed by atoms with E-state index in [0.29, 0.717) is 26.4 Å². The number of hydrogen-bond acceptors (Lipinski definition) is 4. The van der Waals surface area contributed by atoms with Gasteiger partial charge in [-0.15, -0.1) is 0 Å². The van der Waals surface area contributed by atoms with Crippen molar-refractivity contribution < 1.29 is 14.6 Å². The lowest BCUT2D eigenvalue weighted by molar-refractivity contribution is 0.106. The van der Waals surface area contributed by atoms with Crippen LogP contribution >= 0.6 is 0 Å². The predicted octanol–water partition coefficient (Wildman–Crippen LogP) is 0.533. The maximum atomic E-state index is 8.83. The van der Waals surface area contributed by atoms with Crippen molar-refractivity contribution in [2.24, 2.45) is 5.73 Å². The molecule has 1 rings (SSSR count). The van der Waals surface area contributed by atoms with E-state index < -0.39 is 0 Å². The zero-order valence-corrected chi connectivity index (χ0v) is 8.69. The molecule has 0 fully saturated rings. The van der Waals surface area contributed by atoms with Crippen molar-refractivity contribution in [2.45, 2.75) is 6.61 Å². The average molecular weight is 211 g/mol. The fourth-order valence-electron chi connectivity index (χ4n) is 1.09. The van der Waals surface area contributed by atoms with E-state index in [9.17, 15) is 0 Å². The molecule has 0 aliphatic heterocycles. The largest absolute Gasteiger partial charge is 0.491 e. The van der Waals surface area contributed by atoms with Gasteiger partial charge in [0, 0.05) is 6.54 Å². The topological polar surface area (TPSA) is 64.7 Å². The molecule has 15 heavy (non-hydrogen) atoms. The lowest BCUT2D eigenvalue weighted by atomic mass is 10.2. The molecule has 0 aromatic heterocycles. The Balaban J connectivity index is 2.20. The molecule has 0 spiro atoms. The van der Waals surface area contributed by atoms with Crippen LogP contribution in [-0.4, -0.2) is 31.5 Å². The van der Waals surface area contributed by atoms with Gasteiger partial charge >= 0.3 is 0 Å². The van der Waals surface area contributed by atoms with Crippen molar-refractivity contribution in [3.8, 4) is 5.75 Å². The number of nitrogens with two attached hydrogens (primary N) is 1. The molecule has 0 bridgehead atoms. The van der Waals surface area contributed by atoms with Crippen LogP contribution in [-0.2, 0) is 11.3 Å². The average Bonchev–Trinajstić information content (AvgIpc) is 2.30. The summed E-state index contributed by atoms with van der Waals surface area (Å²) in [6.07, 6.45) is 0. The number of ether oxygens (including phenoxy) is 2. The van der Waals surface area contributed by atoms with Crippen LogP contribution in [0, 0.1) is 0 Å². The zero-order chi connectivity index (χ0) is 10.9. The molecule has 0 aliphatic rings. The van der Waals surface area contributed by atoms with Crippen LogP contribution < -0.4 is 10.5 Å². The Morgan fingerprint density at radius 1 is 1.07 bits per heavy atom. The number of benzene rings is 1. The molecular weight excluding hydrogens is 194 g/mol. The van der Waals surface area contributed by atoms with E-state index in [4.69, 9.17) is 20.3 Å². The van der Waals surface area contributed by atoms with Crippen molar-refractivity contribution in [1.82, 2.24) is 0 Å². The highest BCUT2D eigenvalue weighted by Gasteiger charge is 1.94. The van der Waals surface area contributed by atoms with E-state index in [0.717, 1.165) is 11.3 Å². The number of aliphatic hydroxyl groups excluding tert-OH is 1. The van der Waals surface area contributed by atoms with Gasteiger partial charge in [-0.3, -0.25) is 0 Å². The van der Waals surface area contributed by atoms with Gasteiger partial charge < -0.3 is 20.3 Å². The quantitative estimate of drug-likeness (QED) is 0.646. The normalized spacial score (nSPS) is 10.3. The van der Waals surface area contributed by atoms with Crippen LogP contribution in [0.4, 0.5) is 0 Å². The van der Waals surface area contributed by atoms with Crippen molar-refractivity contribution in [2.75, 3.05) is 26.4 Å². The van der Waals surface area contributed by atoms with Gasteiger partial charge in [0.2, 0.25) is 0 Å². The lowest BCUT2D eigenvalue weighted by Gasteiger charge is -2.06. The third-order valence-electron chi connectivity index (χ3n) is 1.86. The molecular formula is C11H17NO3. The van der Waals surface area contributed by atoms with Gasteiger partial charge in [-0.05, 0) is 17.7 Å². The summed E-state index contributed by atoms with van der Waals surface area (Å²) >= 11 is 0. The second-order valence-electron chi connectivity index (χ2n) is 3.05. The van der Waals surface area contributed by atoms with Crippen LogP contribution in [0.3, 0.4) is 0 Å². The van der Waals surface area contributed by atoms with Crippen LogP contribution in [0.5, 0.6) is 5.75 Å². The Morgan fingerprint density at radius 3 is 2.40 bits per heavy atom. The fourth-order valence-corrected chi connectivity index (χ4v) is 1.09. The van der Waals surface area contributed by atoms with E-state index >= 15 is 0 Å². The number of aliphatic hydroxyl groups is 1. The summed E-state index contributed by atoms with van der Waals surface area (Å²) in [6, 6.07) is 7.31. The van der Waals surface area contributed by atoms with Gasteiger partial charge in [0.25, 0.3) is 0 Å². The highest BCUT2D eigenvalue weighted by atomic mass is 16.5. The van der Waals surface area contributed by atoms with E-state index in [1.165, 1.54) is 0 Å².